The predicted molar refractivity (Wildman–Crippen MR) is 73.6 cm³/mol. The Morgan fingerprint density at radius 1 is 1.15 bits per heavy atom. The number of hydrogen-bond acceptors (Lipinski definition) is 4. The van der Waals surface area contributed by atoms with E-state index in [2.05, 4.69) is 17.8 Å². The molecule has 1 aliphatic rings. The van der Waals surface area contributed by atoms with Crippen LogP contribution in [0.1, 0.15) is 17.5 Å². The van der Waals surface area contributed by atoms with Gasteiger partial charge in [0.15, 0.2) is 0 Å². The largest absolute Gasteiger partial charge is 0.394 e. The molecule has 0 spiro atoms. The van der Waals surface area contributed by atoms with E-state index >= 15 is 0 Å². The van der Waals surface area contributed by atoms with Crippen LogP contribution in [0.3, 0.4) is 0 Å². The summed E-state index contributed by atoms with van der Waals surface area (Å²) in [5.74, 6) is 8.22. The first-order valence-electron chi connectivity index (χ1n) is 6.34. The molecule has 104 valence electrons. The van der Waals surface area contributed by atoms with Crippen LogP contribution in [0.2, 0.25) is 0 Å². The van der Waals surface area contributed by atoms with E-state index in [9.17, 15) is 10.2 Å². The molecule has 0 aromatic heterocycles. The predicted octanol–water partition coefficient (Wildman–Crippen LogP) is -0.109. The molecule has 0 aliphatic carbocycles. The minimum Gasteiger partial charge on any atom is -0.394 e. The van der Waals surface area contributed by atoms with Gasteiger partial charge >= 0.3 is 0 Å². The van der Waals surface area contributed by atoms with E-state index in [4.69, 9.17) is 16.3 Å². The highest BCUT2D eigenvalue weighted by molar-refractivity contribution is 5.41. The maximum absolute atomic E-state index is 9.82. The highest BCUT2D eigenvalue weighted by Crippen LogP contribution is 2.19. The van der Waals surface area contributed by atoms with Gasteiger partial charge in [0, 0.05) is 17.5 Å². The Bertz CT molecular complexity index is 547. The fourth-order valence-electron chi connectivity index (χ4n) is 1.99. The lowest BCUT2D eigenvalue weighted by Crippen LogP contribution is -2.48. The van der Waals surface area contributed by atoms with Crippen LogP contribution in [0.25, 0.3) is 0 Å². The van der Waals surface area contributed by atoms with Crippen molar-refractivity contribution in [3.63, 3.8) is 0 Å². The number of benzene rings is 1. The third-order valence-corrected chi connectivity index (χ3v) is 3.17. The van der Waals surface area contributed by atoms with E-state index in [1.807, 2.05) is 0 Å². The van der Waals surface area contributed by atoms with Gasteiger partial charge in [-0.25, -0.2) is 0 Å². The normalized spacial score (nSPS) is 29.1. The minimum absolute atomic E-state index is 0.139. The Morgan fingerprint density at radius 3 is 2.40 bits per heavy atom. The molecule has 1 saturated heterocycles. The molecule has 20 heavy (non-hydrogen) atoms. The Morgan fingerprint density at radius 2 is 1.80 bits per heavy atom. The lowest BCUT2D eigenvalue weighted by atomic mass is 9.98. The van der Waals surface area contributed by atoms with Gasteiger partial charge in [0.2, 0.25) is 0 Å². The summed E-state index contributed by atoms with van der Waals surface area (Å²) in [4.78, 5) is 0. The Hall–Kier alpha value is -1.82. The standard InChI is InChI=1S/C16H16O4/c1-2-11-3-5-12(6-4-11)7-8-15-13(18)9-14(19)16(10-17)20-15/h1,3-6,13-19H,9-10H2/t13-,14-,15?,16+/m0/s1. The zero-order chi connectivity index (χ0) is 14.5. The molecule has 0 amide bonds. The summed E-state index contributed by atoms with van der Waals surface area (Å²) < 4.78 is 5.37. The number of aliphatic hydroxyl groups excluding tert-OH is 3. The fraction of sp³-hybridized carbons (Fsp3) is 0.375. The molecule has 2 rings (SSSR count). The fourth-order valence-corrected chi connectivity index (χ4v) is 1.99. The average molecular weight is 272 g/mol. The smallest absolute Gasteiger partial charge is 0.145 e. The van der Waals surface area contributed by atoms with Crippen molar-refractivity contribution in [1.29, 1.82) is 0 Å². The van der Waals surface area contributed by atoms with Crippen LogP contribution in [0.5, 0.6) is 0 Å². The summed E-state index contributed by atoms with van der Waals surface area (Å²) in [5.41, 5.74) is 1.53. The lowest BCUT2D eigenvalue weighted by Gasteiger charge is -2.33. The third-order valence-electron chi connectivity index (χ3n) is 3.17. The van der Waals surface area contributed by atoms with Crippen molar-refractivity contribution < 1.29 is 20.1 Å². The summed E-state index contributed by atoms with van der Waals surface area (Å²) in [7, 11) is 0. The van der Waals surface area contributed by atoms with Crippen LogP contribution >= 0.6 is 0 Å². The van der Waals surface area contributed by atoms with Gasteiger partial charge in [-0.05, 0) is 24.3 Å². The van der Waals surface area contributed by atoms with Crippen molar-refractivity contribution in [2.75, 3.05) is 6.61 Å². The molecule has 1 aliphatic heterocycles. The number of hydrogen-bond donors (Lipinski definition) is 3. The Balaban J connectivity index is 2.08. The topological polar surface area (TPSA) is 69.9 Å². The molecule has 0 bridgehead atoms. The van der Waals surface area contributed by atoms with E-state index in [0.29, 0.717) is 0 Å². The van der Waals surface area contributed by atoms with E-state index in [0.717, 1.165) is 11.1 Å². The summed E-state index contributed by atoms with van der Waals surface area (Å²) in [6.45, 7) is -0.303. The molecular weight excluding hydrogens is 256 g/mol. The maximum atomic E-state index is 9.82. The monoisotopic (exact) mass is 272 g/mol. The molecule has 1 unspecified atom stereocenters. The molecule has 3 N–H and O–H groups in total. The van der Waals surface area contributed by atoms with Gasteiger partial charge in [-0.15, -0.1) is 6.42 Å². The molecule has 0 saturated carbocycles. The second-order valence-corrected chi connectivity index (χ2v) is 4.64. The third kappa shape index (κ3) is 3.39. The van der Waals surface area contributed by atoms with E-state index in [-0.39, 0.29) is 13.0 Å². The highest BCUT2D eigenvalue weighted by Gasteiger charge is 2.34. The molecule has 4 atom stereocenters. The van der Waals surface area contributed by atoms with E-state index < -0.39 is 24.4 Å². The van der Waals surface area contributed by atoms with Crippen molar-refractivity contribution in [3.05, 3.63) is 35.4 Å². The van der Waals surface area contributed by atoms with E-state index in [1.54, 1.807) is 24.3 Å². The molecule has 1 heterocycles. The van der Waals surface area contributed by atoms with Gasteiger partial charge in [0.25, 0.3) is 0 Å². The number of aliphatic hydroxyl groups is 3. The molecule has 4 nitrogen and oxygen atoms in total. The highest BCUT2D eigenvalue weighted by atomic mass is 16.5. The summed E-state index contributed by atoms with van der Waals surface area (Å²) in [5, 5.41) is 28.5. The first-order chi connectivity index (χ1) is 9.63. The van der Waals surface area contributed by atoms with Crippen LogP contribution in [-0.4, -0.2) is 46.3 Å². The van der Waals surface area contributed by atoms with Gasteiger partial charge < -0.3 is 20.1 Å². The van der Waals surface area contributed by atoms with Crippen molar-refractivity contribution in [3.8, 4) is 24.2 Å². The summed E-state index contributed by atoms with van der Waals surface area (Å²) in [6.07, 6.45) is 2.24. The van der Waals surface area contributed by atoms with Gasteiger partial charge in [-0.1, -0.05) is 17.8 Å². The average Bonchev–Trinajstić information content (AvgIpc) is 2.47. The summed E-state index contributed by atoms with van der Waals surface area (Å²) >= 11 is 0. The molecule has 1 aromatic rings. The number of ether oxygens (including phenoxy) is 1. The number of rotatable bonds is 1. The first-order valence-corrected chi connectivity index (χ1v) is 6.34. The van der Waals surface area contributed by atoms with Crippen LogP contribution in [0.4, 0.5) is 0 Å². The van der Waals surface area contributed by atoms with Gasteiger partial charge in [-0.2, -0.15) is 0 Å². The first kappa shape index (κ1) is 14.6. The molecule has 1 fully saturated rings. The molecule has 0 radical (unpaired) electrons. The molecular formula is C16H16O4. The van der Waals surface area contributed by atoms with Crippen molar-refractivity contribution in [2.45, 2.75) is 30.8 Å². The summed E-state index contributed by atoms with van der Waals surface area (Å²) in [6, 6.07) is 7.14. The Kier molecular flexibility index (Phi) is 4.79. The van der Waals surface area contributed by atoms with Gasteiger partial charge in [0.1, 0.15) is 12.2 Å². The van der Waals surface area contributed by atoms with Crippen LogP contribution in [0.15, 0.2) is 24.3 Å². The Labute approximate surface area is 118 Å². The maximum Gasteiger partial charge on any atom is 0.145 e. The van der Waals surface area contributed by atoms with Gasteiger partial charge in [-0.3, -0.25) is 0 Å². The van der Waals surface area contributed by atoms with Crippen LogP contribution in [0, 0.1) is 24.2 Å². The quantitative estimate of drug-likeness (QED) is 0.624. The van der Waals surface area contributed by atoms with Crippen LogP contribution in [-0.2, 0) is 4.74 Å². The van der Waals surface area contributed by atoms with Crippen molar-refractivity contribution in [2.24, 2.45) is 0 Å². The van der Waals surface area contributed by atoms with Crippen molar-refractivity contribution in [1.82, 2.24) is 0 Å². The van der Waals surface area contributed by atoms with E-state index in [1.165, 1.54) is 0 Å². The van der Waals surface area contributed by atoms with Crippen molar-refractivity contribution >= 4 is 0 Å². The molecule has 4 heteroatoms. The zero-order valence-electron chi connectivity index (χ0n) is 10.9. The zero-order valence-corrected chi connectivity index (χ0v) is 10.9. The molecule has 1 aromatic carbocycles. The number of terminal acetylenes is 1. The second kappa shape index (κ2) is 6.56. The van der Waals surface area contributed by atoms with Crippen LogP contribution < -0.4 is 0 Å². The van der Waals surface area contributed by atoms with Gasteiger partial charge in [0.05, 0.1) is 18.8 Å². The second-order valence-electron chi connectivity index (χ2n) is 4.64. The minimum atomic E-state index is -0.872. The lowest BCUT2D eigenvalue weighted by molar-refractivity contribution is -0.160. The SMILES string of the molecule is C#Cc1ccc(C#CC2O[C@H](CO)[C@@H](O)C[C@@H]2O)cc1.